The fourth-order valence-electron chi connectivity index (χ4n) is 2.70. The van der Waals surface area contributed by atoms with E-state index < -0.39 is 0 Å². The van der Waals surface area contributed by atoms with Crippen LogP contribution in [0.3, 0.4) is 0 Å². The summed E-state index contributed by atoms with van der Waals surface area (Å²) < 4.78 is 19.1. The lowest BCUT2D eigenvalue weighted by Crippen LogP contribution is -2.34. The molecule has 6 nitrogen and oxygen atoms in total. The number of benzene rings is 1. The molecule has 0 aliphatic carbocycles. The van der Waals surface area contributed by atoms with Gasteiger partial charge in [0.15, 0.2) is 11.5 Å². The van der Waals surface area contributed by atoms with Crippen LogP contribution in [-0.4, -0.2) is 42.5 Å². The number of rotatable bonds is 2. The van der Waals surface area contributed by atoms with E-state index >= 15 is 0 Å². The number of nitrogens with zero attached hydrogens (tertiary/aromatic N) is 2. The number of hydrogen-bond acceptors (Lipinski definition) is 5. The summed E-state index contributed by atoms with van der Waals surface area (Å²) in [6, 6.07) is 5.93. The molecule has 1 saturated heterocycles. The minimum Gasteiger partial charge on any atom is -0.486 e. The molecule has 0 bridgehead atoms. The van der Waals surface area contributed by atoms with Gasteiger partial charge in [-0.15, -0.1) is 0 Å². The number of nitrogens with one attached hydrogen (secondary N) is 1. The molecule has 6 heteroatoms. The van der Waals surface area contributed by atoms with Crippen LogP contribution in [-0.2, 0) is 4.74 Å². The molecule has 1 aromatic heterocycles. The number of fused-ring (bicyclic) bond motifs is 1. The Morgan fingerprint density at radius 3 is 2.90 bits per heavy atom. The van der Waals surface area contributed by atoms with Crippen LogP contribution >= 0.6 is 0 Å². The van der Waals surface area contributed by atoms with E-state index in [1.807, 2.05) is 29.0 Å². The molecule has 0 spiro atoms. The molecule has 0 saturated carbocycles. The van der Waals surface area contributed by atoms with Gasteiger partial charge in [0.1, 0.15) is 19.3 Å². The Kier molecular flexibility index (Phi) is 3.25. The monoisotopic (exact) mass is 287 g/mol. The van der Waals surface area contributed by atoms with E-state index in [0.717, 1.165) is 42.6 Å². The van der Waals surface area contributed by atoms with Gasteiger partial charge in [0.2, 0.25) is 0 Å². The first-order chi connectivity index (χ1) is 10.4. The number of hydrogen-bond donors (Lipinski definition) is 1. The summed E-state index contributed by atoms with van der Waals surface area (Å²) >= 11 is 0. The lowest BCUT2D eigenvalue weighted by molar-refractivity contribution is 0.0240. The van der Waals surface area contributed by atoms with Crippen molar-refractivity contribution in [2.24, 2.45) is 0 Å². The van der Waals surface area contributed by atoms with Crippen molar-refractivity contribution in [2.45, 2.75) is 6.10 Å². The number of imidazole rings is 1. The van der Waals surface area contributed by atoms with Crippen LogP contribution in [0.5, 0.6) is 11.5 Å². The Hall–Kier alpha value is -2.05. The summed E-state index contributed by atoms with van der Waals surface area (Å²) in [5.41, 5.74) is 2.04. The molecule has 2 aromatic rings. The normalized spacial score (nSPS) is 21.2. The topological polar surface area (TPSA) is 57.5 Å². The second-order valence-electron chi connectivity index (χ2n) is 5.08. The van der Waals surface area contributed by atoms with Gasteiger partial charge in [-0.3, -0.25) is 0 Å². The summed E-state index contributed by atoms with van der Waals surface area (Å²) in [5, 5.41) is 3.34. The molecular weight excluding hydrogens is 270 g/mol. The van der Waals surface area contributed by atoms with Crippen molar-refractivity contribution in [3.05, 3.63) is 36.4 Å². The van der Waals surface area contributed by atoms with Crippen molar-refractivity contribution in [1.29, 1.82) is 0 Å². The molecule has 21 heavy (non-hydrogen) atoms. The Labute approximate surface area is 122 Å². The Morgan fingerprint density at radius 1 is 1.14 bits per heavy atom. The maximum Gasteiger partial charge on any atom is 0.163 e. The summed E-state index contributed by atoms with van der Waals surface area (Å²) in [5.74, 6) is 1.57. The predicted octanol–water partition coefficient (Wildman–Crippen LogP) is 1.30. The molecule has 2 aliphatic rings. The van der Waals surface area contributed by atoms with E-state index in [0.29, 0.717) is 13.2 Å². The first kappa shape index (κ1) is 12.7. The van der Waals surface area contributed by atoms with Crippen molar-refractivity contribution in [3.63, 3.8) is 0 Å². The Bertz CT molecular complexity index is 635. The molecule has 2 aliphatic heterocycles. The van der Waals surface area contributed by atoms with Gasteiger partial charge in [-0.1, -0.05) is 0 Å². The minimum absolute atomic E-state index is 0.0226. The summed E-state index contributed by atoms with van der Waals surface area (Å²) in [4.78, 5) is 4.27. The van der Waals surface area contributed by atoms with Gasteiger partial charge in [-0.25, -0.2) is 4.98 Å². The standard InChI is InChI=1S/C15H17N3O3/c1-2-13-14(21-6-5-20-13)7-11(1)18-10-17-8-12(18)15-9-16-3-4-19-15/h1-2,7-8,10,15-16H,3-6,9H2. The largest absolute Gasteiger partial charge is 0.486 e. The quantitative estimate of drug-likeness (QED) is 0.902. The van der Waals surface area contributed by atoms with Crippen LogP contribution in [0.25, 0.3) is 5.69 Å². The maximum absolute atomic E-state index is 5.82. The average molecular weight is 287 g/mol. The third kappa shape index (κ3) is 2.36. The van der Waals surface area contributed by atoms with Crippen LogP contribution in [0.15, 0.2) is 30.7 Å². The van der Waals surface area contributed by atoms with Crippen molar-refractivity contribution >= 4 is 0 Å². The van der Waals surface area contributed by atoms with Crippen molar-refractivity contribution < 1.29 is 14.2 Å². The van der Waals surface area contributed by atoms with E-state index in [9.17, 15) is 0 Å². The smallest absolute Gasteiger partial charge is 0.163 e. The van der Waals surface area contributed by atoms with Gasteiger partial charge in [0, 0.05) is 19.2 Å². The fraction of sp³-hybridized carbons (Fsp3) is 0.400. The molecule has 110 valence electrons. The van der Waals surface area contributed by atoms with E-state index in [1.165, 1.54) is 0 Å². The molecule has 1 N–H and O–H groups in total. The second kappa shape index (κ2) is 5.38. The molecule has 3 heterocycles. The molecule has 1 unspecified atom stereocenters. The summed E-state index contributed by atoms with van der Waals surface area (Å²) in [6.45, 7) is 3.61. The zero-order valence-electron chi connectivity index (χ0n) is 11.6. The highest BCUT2D eigenvalue weighted by molar-refractivity contribution is 5.50. The highest BCUT2D eigenvalue weighted by atomic mass is 16.6. The molecule has 4 rings (SSSR count). The molecule has 1 atom stereocenters. The van der Waals surface area contributed by atoms with Crippen LogP contribution in [0.2, 0.25) is 0 Å². The zero-order chi connectivity index (χ0) is 14.1. The van der Waals surface area contributed by atoms with Gasteiger partial charge in [0.25, 0.3) is 0 Å². The molecule has 0 amide bonds. The summed E-state index contributed by atoms with van der Waals surface area (Å²) in [6.07, 6.45) is 3.68. The van der Waals surface area contributed by atoms with Gasteiger partial charge >= 0.3 is 0 Å². The van der Waals surface area contributed by atoms with Crippen molar-refractivity contribution in [3.8, 4) is 17.2 Å². The maximum atomic E-state index is 5.82. The minimum atomic E-state index is 0.0226. The highest BCUT2D eigenvalue weighted by Gasteiger charge is 2.21. The first-order valence-corrected chi connectivity index (χ1v) is 7.16. The van der Waals surface area contributed by atoms with Gasteiger partial charge in [-0.05, 0) is 12.1 Å². The number of morpholine rings is 1. The lowest BCUT2D eigenvalue weighted by Gasteiger charge is -2.25. The van der Waals surface area contributed by atoms with Crippen LogP contribution in [0.1, 0.15) is 11.8 Å². The van der Waals surface area contributed by atoms with Crippen LogP contribution in [0, 0.1) is 0 Å². The van der Waals surface area contributed by atoms with Crippen molar-refractivity contribution in [1.82, 2.24) is 14.9 Å². The van der Waals surface area contributed by atoms with E-state index in [1.54, 1.807) is 6.33 Å². The third-order valence-corrected chi connectivity index (χ3v) is 3.73. The number of ether oxygens (including phenoxy) is 3. The lowest BCUT2D eigenvalue weighted by atomic mass is 10.2. The molecule has 1 aromatic carbocycles. The van der Waals surface area contributed by atoms with Crippen LogP contribution < -0.4 is 14.8 Å². The number of aromatic nitrogens is 2. The Balaban J connectivity index is 1.68. The summed E-state index contributed by atoms with van der Waals surface area (Å²) in [7, 11) is 0. The fourth-order valence-corrected chi connectivity index (χ4v) is 2.70. The van der Waals surface area contributed by atoms with Gasteiger partial charge < -0.3 is 24.1 Å². The molecule has 1 fully saturated rings. The molecule has 0 radical (unpaired) electrons. The Morgan fingerprint density at radius 2 is 2.05 bits per heavy atom. The predicted molar refractivity (Wildman–Crippen MR) is 76.1 cm³/mol. The van der Waals surface area contributed by atoms with E-state index in [4.69, 9.17) is 14.2 Å². The van der Waals surface area contributed by atoms with E-state index in [2.05, 4.69) is 10.3 Å². The SMILES string of the molecule is c1cc2c(cc1-n1cncc1C1CNCCO1)OCCO2. The van der Waals surface area contributed by atoms with E-state index in [-0.39, 0.29) is 6.10 Å². The zero-order valence-corrected chi connectivity index (χ0v) is 11.6. The van der Waals surface area contributed by atoms with Crippen LogP contribution in [0.4, 0.5) is 0 Å². The van der Waals surface area contributed by atoms with Gasteiger partial charge in [0.05, 0.1) is 30.5 Å². The van der Waals surface area contributed by atoms with Crippen molar-refractivity contribution in [2.75, 3.05) is 32.9 Å². The highest BCUT2D eigenvalue weighted by Crippen LogP contribution is 2.33. The molecular formula is C15H17N3O3. The first-order valence-electron chi connectivity index (χ1n) is 7.16. The second-order valence-corrected chi connectivity index (χ2v) is 5.08. The third-order valence-electron chi connectivity index (χ3n) is 3.73. The average Bonchev–Trinajstić information content (AvgIpc) is 3.05. The van der Waals surface area contributed by atoms with Gasteiger partial charge in [-0.2, -0.15) is 0 Å².